The fraction of sp³-hybridized carbons (Fsp3) is 0.278. The van der Waals surface area contributed by atoms with Crippen LogP contribution in [0.15, 0.2) is 36.7 Å². The summed E-state index contributed by atoms with van der Waals surface area (Å²) in [5.41, 5.74) is -4.47. The highest BCUT2D eigenvalue weighted by molar-refractivity contribution is 5.94. The second-order valence-corrected chi connectivity index (χ2v) is 6.75. The first-order valence-corrected chi connectivity index (χ1v) is 9.15. The number of rotatable bonds is 5. The number of hydrogen-bond donors (Lipinski definition) is 1. The van der Waals surface area contributed by atoms with Gasteiger partial charge >= 0.3 is 24.7 Å². The van der Waals surface area contributed by atoms with Crippen LogP contribution in [0.3, 0.4) is 0 Å². The molecule has 1 atom stereocenters. The van der Waals surface area contributed by atoms with Gasteiger partial charge in [0.2, 0.25) is 0 Å². The molecule has 1 unspecified atom stereocenters. The van der Waals surface area contributed by atoms with Gasteiger partial charge in [-0.05, 0) is 31.2 Å². The molecule has 1 amide bonds. The molecule has 35 heavy (non-hydrogen) atoms. The molecule has 2 heterocycles. The van der Waals surface area contributed by atoms with Crippen LogP contribution < -0.4 is 10.1 Å². The largest absolute Gasteiger partial charge is 0.575 e. The number of halogens is 9. The van der Waals surface area contributed by atoms with E-state index in [1.54, 1.807) is 0 Å². The molecule has 1 N–H and O–H groups in total. The van der Waals surface area contributed by atoms with Crippen LogP contribution in [0.25, 0.3) is 5.95 Å². The molecular weight excluding hydrogens is 503 g/mol. The lowest BCUT2D eigenvalue weighted by molar-refractivity contribution is -0.277. The quantitative estimate of drug-likeness (QED) is 0.505. The highest BCUT2D eigenvalue weighted by atomic mass is 19.4. The van der Waals surface area contributed by atoms with Crippen molar-refractivity contribution in [2.24, 2.45) is 0 Å². The van der Waals surface area contributed by atoms with E-state index >= 15 is 0 Å². The highest BCUT2D eigenvalue weighted by Gasteiger charge is 2.38. The lowest BCUT2D eigenvalue weighted by atomic mass is 10.0. The summed E-state index contributed by atoms with van der Waals surface area (Å²) in [6.07, 6.45) is -13.2. The average Bonchev–Trinajstić information content (AvgIpc) is 3.15. The zero-order chi connectivity index (χ0) is 26.2. The van der Waals surface area contributed by atoms with Gasteiger partial charge in [-0.2, -0.15) is 36.0 Å². The van der Waals surface area contributed by atoms with Gasteiger partial charge in [0.05, 0.1) is 17.2 Å². The molecular formula is C18H11F9N6O2. The molecule has 0 aliphatic heterocycles. The third kappa shape index (κ3) is 6.36. The number of carbonyl (C=O) groups is 1. The highest BCUT2D eigenvalue weighted by Crippen LogP contribution is 2.36. The van der Waals surface area contributed by atoms with Crippen molar-refractivity contribution in [2.75, 3.05) is 0 Å². The monoisotopic (exact) mass is 514 g/mol. The first kappa shape index (κ1) is 25.7. The minimum atomic E-state index is -5.20. The molecule has 3 rings (SSSR count). The zero-order valence-corrected chi connectivity index (χ0v) is 17.0. The van der Waals surface area contributed by atoms with Crippen LogP contribution in [0.1, 0.15) is 40.3 Å². The van der Waals surface area contributed by atoms with Crippen molar-refractivity contribution in [1.82, 2.24) is 30.0 Å². The Morgan fingerprint density at radius 1 is 0.943 bits per heavy atom. The Kier molecular flexibility index (Phi) is 6.63. The van der Waals surface area contributed by atoms with E-state index in [4.69, 9.17) is 0 Å². The number of hydrogen-bond acceptors (Lipinski definition) is 6. The number of aromatic nitrogens is 5. The molecule has 3 aromatic rings. The summed E-state index contributed by atoms with van der Waals surface area (Å²) in [5.74, 6) is -2.19. The van der Waals surface area contributed by atoms with Crippen molar-refractivity contribution < 1.29 is 49.0 Å². The number of alkyl halides is 9. The van der Waals surface area contributed by atoms with Crippen molar-refractivity contribution in [1.29, 1.82) is 0 Å². The smallest absolute Gasteiger partial charge is 0.369 e. The van der Waals surface area contributed by atoms with Gasteiger partial charge in [0.15, 0.2) is 5.82 Å². The van der Waals surface area contributed by atoms with E-state index in [0.29, 0.717) is 4.68 Å². The maximum absolute atomic E-state index is 13.1. The molecule has 0 saturated carbocycles. The van der Waals surface area contributed by atoms with E-state index in [2.05, 4.69) is 30.1 Å². The Morgan fingerprint density at radius 2 is 1.49 bits per heavy atom. The third-order valence-corrected chi connectivity index (χ3v) is 4.15. The second-order valence-electron chi connectivity index (χ2n) is 6.75. The van der Waals surface area contributed by atoms with Crippen LogP contribution in [0.5, 0.6) is 6.01 Å². The van der Waals surface area contributed by atoms with Crippen LogP contribution in [-0.2, 0) is 12.4 Å². The van der Waals surface area contributed by atoms with E-state index in [-0.39, 0.29) is 24.1 Å². The summed E-state index contributed by atoms with van der Waals surface area (Å²) >= 11 is 0. The van der Waals surface area contributed by atoms with Crippen LogP contribution in [0.2, 0.25) is 0 Å². The van der Waals surface area contributed by atoms with Gasteiger partial charge in [0, 0.05) is 18.0 Å². The Hall–Kier alpha value is -3.92. The predicted octanol–water partition coefficient (Wildman–Crippen LogP) is 4.48. The van der Waals surface area contributed by atoms with Gasteiger partial charge in [0.25, 0.3) is 11.9 Å². The molecule has 0 radical (unpaired) electrons. The van der Waals surface area contributed by atoms with Gasteiger partial charge in [-0.25, -0.2) is 9.97 Å². The summed E-state index contributed by atoms with van der Waals surface area (Å²) in [6.45, 7) is 1.14. The minimum absolute atomic E-state index is 0.162. The molecule has 0 fully saturated rings. The molecule has 1 aromatic carbocycles. The number of nitrogens with one attached hydrogen (secondary N) is 1. The first-order valence-electron chi connectivity index (χ1n) is 9.15. The first-order chi connectivity index (χ1) is 16.0. The second kappa shape index (κ2) is 9.03. The number of ether oxygens (including phenoxy) is 1. The van der Waals surface area contributed by atoms with Gasteiger partial charge in [-0.15, -0.1) is 18.3 Å². The Bertz CT molecular complexity index is 1170. The summed E-state index contributed by atoms with van der Waals surface area (Å²) < 4.78 is 120. The SMILES string of the molecule is CC(NC(=O)c1cc(C(F)(F)F)cc(C(F)(F)F)c1)c1nc(OC(F)(F)F)nn1-c1ncccn1. The predicted molar refractivity (Wildman–Crippen MR) is 96.0 cm³/mol. The number of carbonyl (C=O) groups excluding carboxylic acids is 1. The molecule has 0 saturated heterocycles. The molecule has 17 heteroatoms. The van der Waals surface area contributed by atoms with Crippen molar-refractivity contribution in [3.63, 3.8) is 0 Å². The standard InChI is InChI=1S/C18H11F9N6O2/c1-8(12-31-15(35-18(25,26)27)32-33(12)14-28-3-2-4-29-14)30-13(34)9-5-10(16(19,20)21)7-11(6-9)17(22,23)24/h2-8H,1H3,(H,30,34). The molecule has 0 aliphatic rings. The molecule has 0 bridgehead atoms. The lowest BCUT2D eigenvalue weighted by Crippen LogP contribution is -2.29. The zero-order valence-electron chi connectivity index (χ0n) is 17.0. The normalized spacial score (nSPS) is 13.4. The molecule has 0 aliphatic carbocycles. The third-order valence-electron chi connectivity index (χ3n) is 4.15. The van der Waals surface area contributed by atoms with Gasteiger partial charge in [0.1, 0.15) is 0 Å². The van der Waals surface area contributed by atoms with E-state index in [9.17, 15) is 44.3 Å². The maximum atomic E-state index is 13.1. The molecule has 188 valence electrons. The summed E-state index contributed by atoms with van der Waals surface area (Å²) in [6, 6.07) is -1.04. The summed E-state index contributed by atoms with van der Waals surface area (Å²) in [4.78, 5) is 23.5. The molecule has 8 nitrogen and oxygen atoms in total. The van der Waals surface area contributed by atoms with Crippen LogP contribution >= 0.6 is 0 Å². The topological polar surface area (TPSA) is 94.8 Å². The minimum Gasteiger partial charge on any atom is -0.369 e. The van der Waals surface area contributed by atoms with E-state index in [0.717, 1.165) is 6.92 Å². The number of benzene rings is 1. The van der Waals surface area contributed by atoms with E-state index in [1.807, 2.05) is 0 Å². The lowest BCUT2D eigenvalue weighted by Gasteiger charge is -2.16. The van der Waals surface area contributed by atoms with Gasteiger partial charge < -0.3 is 10.1 Å². The average molecular weight is 514 g/mol. The fourth-order valence-electron chi connectivity index (χ4n) is 2.71. The summed E-state index contributed by atoms with van der Waals surface area (Å²) in [5, 5.41) is 5.52. The maximum Gasteiger partial charge on any atom is 0.575 e. The Balaban J connectivity index is 1.98. The molecule has 2 aromatic heterocycles. The van der Waals surface area contributed by atoms with Crippen LogP contribution in [0.4, 0.5) is 39.5 Å². The summed E-state index contributed by atoms with van der Waals surface area (Å²) in [7, 11) is 0. The van der Waals surface area contributed by atoms with Crippen LogP contribution in [0, 0.1) is 0 Å². The van der Waals surface area contributed by atoms with Crippen molar-refractivity contribution in [3.05, 3.63) is 59.2 Å². The van der Waals surface area contributed by atoms with Crippen molar-refractivity contribution in [2.45, 2.75) is 31.7 Å². The van der Waals surface area contributed by atoms with E-state index in [1.165, 1.54) is 18.5 Å². The van der Waals surface area contributed by atoms with Crippen LogP contribution in [-0.4, -0.2) is 37.0 Å². The Morgan fingerprint density at radius 3 is 1.97 bits per heavy atom. The Labute approximate surface area is 188 Å². The molecule has 0 spiro atoms. The van der Waals surface area contributed by atoms with Crippen molar-refractivity contribution >= 4 is 5.91 Å². The number of amides is 1. The number of nitrogens with zero attached hydrogens (tertiary/aromatic N) is 5. The van der Waals surface area contributed by atoms with E-state index < -0.39 is 59.2 Å². The van der Waals surface area contributed by atoms with Gasteiger partial charge in [-0.1, -0.05) is 0 Å². The fourth-order valence-corrected chi connectivity index (χ4v) is 2.71. The van der Waals surface area contributed by atoms with Crippen molar-refractivity contribution in [3.8, 4) is 12.0 Å². The van der Waals surface area contributed by atoms with Gasteiger partial charge in [-0.3, -0.25) is 4.79 Å².